The number of nitro groups is 1. The highest BCUT2D eigenvalue weighted by Gasteiger charge is 2.20. The van der Waals surface area contributed by atoms with Crippen LogP contribution in [-0.4, -0.2) is 58.2 Å². The minimum Gasteiger partial charge on any atom is -0.494 e. The van der Waals surface area contributed by atoms with Crippen molar-refractivity contribution in [2.75, 3.05) is 38.3 Å². The molecule has 1 aliphatic rings. The number of carbonyl (C=O) groups is 2. The summed E-state index contributed by atoms with van der Waals surface area (Å²) >= 11 is 0. The van der Waals surface area contributed by atoms with Crippen molar-refractivity contribution in [2.45, 2.75) is 37.5 Å². The first-order chi connectivity index (χ1) is 18.2. The molecule has 0 bridgehead atoms. The van der Waals surface area contributed by atoms with E-state index in [2.05, 4.69) is 10.0 Å². The molecular formula is C24H29N3O10S. The van der Waals surface area contributed by atoms with Crippen molar-refractivity contribution in [3.05, 3.63) is 46.5 Å². The molecule has 0 unspecified atom stereocenters. The molecule has 0 saturated heterocycles. The average Bonchev–Trinajstić information content (AvgIpc) is 2.90. The highest BCUT2D eigenvalue weighted by molar-refractivity contribution is 7.89. The first-order valence-corrected chi connectivity index (χ1v) is 13.4. The van der Waals surface area contributed by atoms with E-state index in [0.29, 0.717) is 56.3 Å². The zero-order chi connectivity index (χ0) is 27.5. The number of unbranched alkanes of at least 4 members (excludes halogenated alkanes) is 2. The van der Waals surface area contributed by atoms with Crippen LogP contribution in [0.15, 0.2) is 41.3 Å². The molecule has 0 atom stereocenters. The Hall–Kier alpha value is -3.91. The number of amides is 1. The van der Waals surface area contributed by atoms with Gasteiger partial charge in [0.2, 0.25) is 10.0 Å². The number of nitrogens with one attached hydrogen (secondary N) is 2. The minimum absolute atomic E-state index is 0.0331. The molecule has 0 fully saturated rings. The zero-order valence-corrected chi connectivity index (χ0v) is 21.6. The van der Waals surface area contributed by atoms with Crippen LogP contribution in [0.3, 0.4) is 0 Å². The SMILES string of the molecule is CCOc1ccc(NC(=O)COC(=O)CCCCCNS(=O)(=O)c2ccc3c(c2)OCCO3)c([N+](=O)[O-])c1. The van der Waals surface area contributed by atoms with Crippen LogP contribution in [0.5, 0.6) is 17.2 Å². The average molecular weight is 552 g/mol. The number of carbonyl (C=O) groups excluding carboxylic acids is 2. The zero-order valence-electron chi connectivity index (χ0n) is 20.8. The van der Waals surface area contributed by atoms with Gasteiger partial charge >= 0.3 is 5.97 Å². The van der Waals surface area contributed by atoms with Crippen LogP contribution in [0.4, 0.5) is 11.4 Å². The Kier molecular flexibility index (Phi) is 10.2. The maximum atomic E-state index is 12.5. The molecule has 38 heavy (non-hydrogen) atoms. The molecule has 1 amide bonds. The largest absolute Gasteiger partial charge is 0.494 e. The molecule has 1 heterocycles. The van der Waals surface area contributed by atoms with Gasteiger partial charge < -0.3 is 24.3 Å². The van der Waals surface area contributed by atoms with E-state index in [1.54, 1.807) is 13.0 Å². The van der Waals surface area contributed by atoms with E-state index >= 15 is 0 Å². The van der Waals surface area contributed by atoms with E-state index in [0.717, 1.165) is 0 Å². The number of rotatable bonds is 14. The number of hydrogen-bond donors (Lipinski definition) is 2. The lowest BCUT2D eigenvalue weighted by molar-refractivity contribution is -0.384. The van der Waals surface area contributed by atoms with Crippen molar-refractivity contribution in [1.82, 2.24) is 4.72 Å². The van der Waals surface area contributed by atoms with Gasteiger partial charge in [-0.25, -0.2) is 13.1 Å². The molecular weight excluding hydrogens is 522 g/mol. The maximum absolute atomic E-state index is 12.5. The van der Waals surface area contributed by atoms with Crippen molar-refractivity contribution in [1.29, 1.82) is 0 Å². The Balaban J connectivity index is 1.33. The van der Waals surface area contributed by atoms with Crippen molar-refractivity contribution in [3.63, 3.8) is 0 Å². The van der Waals surface area contributed by atoms with Crippen LogP contribution in [0.1, 0.15) is 32.6 Å². The Morgan fingerprint density at radius 2 is 1.82 bits per heavy atom. The third-order valence-corrected chi connectivity index (χ3v) is 6.75. The van der Waals surface area contributed by atoms with E-state index in [9.17, 15) is 28.1 Å². The Morgan fingerprint density at radius 3 is 2.55 bits per heavy atom. The minimum atomic E-state index is -3.73. The molecule has 13 nitrogen and oxygen atoms in total. The highest BCUT2D eigenvalue weighted by atomic mass is 32.2. The van der Waals surface area contributed by atoms with Crippen molar-refractivity contribution < 1.29 is 41.9 Å². The van der Waals surface area contributed by atoms with Gasteiger partial charge in [0.15, 0.2) is 18.1 Å². The topological polar surface area (TPSA) is 172 Å². The molecule has 0 saturated carbocycles. The molecule has 0 spiro atoms. The number of nitro benzene ring substituents is 1. The summed E-state index contributed by atoms with van der Waals surface area (Å²) in [6.45, 7) is 2.40. The Morgan fingerprint density at radius 1 is 1.05 bits per heavy atom. The van der Waals surface area contributed by atoms with Crippen molar-refractivity contribution in [3.8, 4) is 17.2 Å². The van der Waals surface area contributed by atoms with Crippen LogP contribution >= 0.6 is 0 Å². The summed E-state index contributed by atoms with van der Waals surface area (Å²) in [6.07, 6.45) is 1.49. The van der Waals surface area contributed by atoms with Crippen LogP contribution in [0.25, 0.3) is 0 Å². The molecule has 2 N–H and O–H groups in total. The van der Waals surface area contributed by atoms with Gasteiger partial charge in [0.25, 0.3) is 11.6 Å². The molecule has 14 heteroatoms. The van der Waals surface area contributed by atoms with E-state index in [4.69, 9.17) is 18.9 Å². The maximum Gasteiger partial charge on any atom is 0.306 e. The lowest BCUT2D eigenvalue weighted by Gasteiger charge is -2.18. The number of sulfonamides is 1. The van der Waals surface area contributed by atoms with Crippen LogP contribution in [0.2, 0.25) is 0 Å². The molecule has 0 aliphatic carbocycles. The second-order valence-corrected chi connectivity index (χ2v) is 9.86. The Bertz CT molecular complexity index is 1270. The lowest BCUT2D eigenvalue weighted by atomic mass is 10.2. The third kappa shape index (κ3) is 8.31. The standard InChI is InChI=1S/C24H29N3O10S/c1-2-34-17-7-9-19(20(14-17)27(30)31)26-23(28)16-37-24(29)6-4-3-5-11-25-38(32,33)18-8-10-21-22(15-18)36-13-12-35-21/h7-10,14-15,25H,2-6,11-13,16H2,1H3,(H,26,28). The fourth-order valence-corrected chi connectivity index (χ4v) is 4.57. The summed E-state index contributed by atoms with van der Waals surface area (Å²) in [4.78, 5) is 34.7. The number of hydrogen-bond acceptors (Lipinski definition) is 10. The number of anilines is 1. The van der Waals surface area contributed by atoms with Gasteiger partial charge in [-0.05, 0) is 44.0 Å². The quantitative estimate of drug-likeness (QED) is 0.154. The predicted octanol–water partition coefficient (Wildman–Crippen LogP) is 2.79. The van der Waals surface area contributed by atoms with Crippen LogP contribution in [0, 0.1) is 10.1 Å². The van der Waals surface area contributed by atoms with Crippen molar-refractivity contribution in [2.24, 2.45) is 0 Å². The summed E-state index contributed by atoms with van der Waals surface area (Å²) in [5, 5.41) is 13.6. The van der Waals surface area contributed by atoms with Crippen LogP contribution < -0.4 is 24.2 Å². The smallest absolute Gasteiger partial charge is 0.306 e. The van der Waals surface area contributed by atoms with Gasteiger partial charge in [-0.3, -0.25) is 19.7 Å². The molecule has 2 aromatic carbocycles. The van der Waals surface area contributed by atoms with Gasteiger partial charge in [0, 0.05) is 19.0 Å². The van der Waals surface area contributed by atoms with Gasteiger partial charge in [0.05, 0.1) is 22.5 Å². The van der Waals surface area contributed by atoms with E-state index in [1.807, 2.05) is 0 Å². The Labute approximate surface area is 219 Å². The molecule has 206 valence electrons. The van der Waals surface area contributed by atoms with E-state index < -0.39 is 33.4 Å². The number of ether oxygens (including phenoxy) is 4. The number of fused-ring (bicyclic) bond motifs is 1. The molecule has 1 aliphatic heterocycles. The second kappa shape index (κ2) is 13.6. The molecule has 0 aromatic heterocycles. The number of esters is 1. The fourth-order valence-electron chi connectivity index (χ4n) is 3.48. The summed E-state index contributed by atoms with van der Waals surface area (Å²) < 4.78 is 48.4. The van der Waals surface area contributed by atoms with Crippen molar-refractivity contribution >= 4 is 33.3 Å². The number of benzene rings is 2. The summed E-state index contributed by atoms with van der Waals surface area (Å²) in [5.74, 6) is -0.168. The molecule has 2 aromatic rings. The lowest BCUT2D eigenvalue weighted by Crippen LogP contribution is -2.25. The number of nitrogens with zero attached hydrogens (tertiary/aromatic N) is 1. The summed E-state index contributed by atoms with van der Waals surface area (Å²) in [7, 11) is -3.73. The first kappa shape index (κ1) is 28.7. The predicted molar refractivity (Wildman–Crippen MR) is 135 cm³/mol. The summed E-state index contributed by atoms with van der Waals surface area (Å²) in [5.41, 5.74) is -0.390. The normalized spacial score (nSPS) is 12.4. The van der Waals surface area contributed by atoms with Gasteiger partial charge in [0.1, 0.15) is 24.7 Å². The first-order valence-electron chi connectivity index (χ1n) is 12.0. The van der Waals surface area contributed by atoms with E-state index in [1.165, 1.54) is 30.3 Å². The second-order valence-electron chi connectivity index (χ2n) is 8.09. The fraction of sp³-hybridized carbons (Fsp3) is 0.417. The van der Waals surface area contributed by atoms with Gasteiger partial charge in [-0.1, -0.05) is 6.42 Å². The molecule has 0 radical (unpaired) electrons. The summed E-state index contributed by atoms with van der Waals surface area (Å²) in [6, 6.07) is 8.42. The van der Waals surface area contributed by atoms with Crippen LogP contribution in [-0.2, 0) is 24.3 Å². The van der Waals surface area contributed by atoms with E-state index in [-0.39, 0.29) is 29.2 Å². The van der Waals surface area contributed by atoms with Gasteiger partial charge in [-0.15, -0.1) is 0 Å². The highest BCUT2D eigenvalue weighted by Crippen LogP contribution is 2.32. The monoisotopic (exact) mass is 551 g/mol. The third-order valence-electron chi connectivity index (χ3n) is 5.29. The molecule has 3 rings (SSSR count). The van der Waals surface area contributed by atoms with Gasteiger partial charge in [-0.2, -0.15) is 0 Å².